The van der Waals surface area contributed by atoms with Crippen molar-refractivity contribution in [2.24, 2.45) is 0 Å². The zero-order valence-corrected chi connectivity index (χ0v) is 11.3. The number of aliphatic hydroxyl groups is 1. The lowest BCUT2D eigenvalue weighted by Crippen LogP contribution is -2.07. The molecule has 0 spiro atoms. The topological polar surface area (TPSA) is 33.1 Å². The number of aliphatic hydroxyl groups excluding tert-OH is 1. The van der Waals surface area contributed by atoms with Crippen LogP contribution in [-0.4, -0.2) is 10.1 Å². The Hall–Kier alpha value is -1.23. The molecule has 0 aliphatic rings. The number of halogens is 4. The second kappa shape index (κ2) is 5.41. The first-order valence-electron chi connectivity index (χ1n) is 5.35. The van der Waals surface area contributed by atoms with E-state index in [1.807, 2.05) is 0 Å². The number of hydrogen-bond acceptors (Lipinski definition) is 2. The van der Waals surface area contributed by atoms with Crippen molar-refractivity contribution in [1.82, 2.24) is 4.98 Å². The van der Waals surface area contributed by atoms with Crippen LogP contribution < -0.4 is 0 Å². The largest absolute Gasteiger partial charge is 0.382 e. The minimum absolute atomic E-state index is 0.0215. The van der Waals surface area contributed by atoms with Crippen LogP contribution in [0.1, 0.15) is 22.9 Å². The summed E-state index contributed by atoms with van der Waals surface area (Å²) in [7, 11) is 0. The zero-order valence-electron chi connectivity index (χ0n) is 9.79. The summed E-state index contributed by atoms with van der Waals surface area (Å²) in [5, 5.41) is 10.4. The summed E-state index contributed by atoms with van der Waals surface area (Å²) in [6.45, 7) is 1.43. The quantitative estimate of drug-likeness (QED) is 0.907. The van der Waals surface area contributed by atoms with Gasteiger partial charge >= 0.3 is 0 Å². The van der Waals surface area contributed by atoms with Gasteiger partial charge in [0, 0.05) is 11.8 Å². The summed E-state index contributed by atoms with van der Waals surface area (Å²) in [5.74, 6) is -2.11. The van der Waals surface area contributed by atoms with Crippen LogP contribution in [0, 0.1) is 18.6 Å². The zero-order chi connectivity index (χ0) is 14.2. The van der Waals surface area contributed by atoms with Gasteiger partial charge in [0.15, 0.2) is 11.6 Å². The third-order valence-electron chi connectivity index (χ3n) is 2.70. The SMILES string of the molecule is Cc1ccc(C(O)c2ncc(Cl)cc2Cl)c(F)c1F. The molecule has 0 saturated carbocycles. The van der Waals surface area contributed by atoms with E-state index in [9.17, 15) is 13.9 Å². The molecule has 2 aromatic rings. The van der Waals surface area contributed by atoms with Crippen LogP contribution in [0.3, 0.4) is 0 Å². The van der Waals surface area contributed by atoms with Crippen molar-refractivity contribution in [3.05, 3.63) is 62.9 Å². The van der Waals surface area contributed by atoms with Gasteiger partial charge in [0.1, 0.15) is 6.10 Å². The van der Waals surface area contributed by atoms with E-state index in [1.54, 1.807) is 0 Å². The Morgan fingerprint density at radius 3 is 2.53 bits per heavy atom. The van der Waals surface area contributed by atoms with Gasteiger partial charge in [-0.1, -0.05) is 35.3 Å². The van der Waals surface area contributed by atoms with E-state index in [4.69, 9.17) is 23.2 Å². The predicted octanol–water partition coefficient (Wildman–Crippen LogP) is 4.06. The van der Waals surface area contributed by atoms with Crippen LogP contribution >= 0.6 is 23.2 Å². The molecule has 0 aliphatic heterocycles. The molecule has 1 unspecified atom stereocenters. The highest BCUT2D eigenvalue weighted by Crippen LogP contribution is 2.30. The van der Waals surface area contributed by atoms with Gasteiger partial charge in [-0.15, -0.1) is 0 Å². The van der Waals surface area contributed by atoms with E-state index in [-0.39, 0.29) is 26.9 Å². The highest BCUT2D eigenvalue weighted by molar-refractivity contribution is 6.34. The number of rotatable bonds is 2. The maximum Gasteiger partial charge on any atom is 0.165 e. The van der Waals surface area contributed by atoms with Gasteiger partial charge in [-0.2, -0.15) is 0 Å². The molecule has 6 heteroatoms. The fourth-order valence-electron chi connectivity index (χ4n) is 1.65. The lowest BCUT2D eigenvalue weighted by molar-refractivity contribution is 0.208. The minimum atomic E-state index is -1.46. The summed E-state index contributed by atoms with van der Waals surface area (Å²) in [6.07, 6.45) is -0.186. The van der Waals surface area contributed by atoms with Gasteiger partial charge in [-0.25, -0.2) is 8.78 Å². The van der Waals surface area contributed by atoms with Crippen LogP contribution in [-0.2, 0) is 0 Å². The Morgan fingerprint density at radius 2 is 1.89 bits per heavy atom. The molecule has 1 N–H and O–H groups in total. The van der Waals surface area contributed by atoms with Crippen LogP contribution in [0.25, 0.3) is 0 Å². The Balaban J connectivity index is 2.50. The number of aryl methyl sites for hydroxylation is 1. The maximum atomic E-state index is 13.8. The van der Waals surface area contributed by atoms with Gasteiger partial charge in [0.05, 0.1) is 15.7 Å². The molecule has 0 aliphatic carbocycles. The highest BCUT2D eigenvalue weighted by atomic mass is 35.5. The lowest BCUT2D eigenvalue weighted by Gasteiger charge is -2.14. The van der Waals surface area contributed by atoms with E-state index in [0.29, 0.717) is 0 Å². The van der Waals surface area contributed by atoms with Crippen molar-refractivity contribution >= 4 is 23.2 Å². The molecule has 2 nitrogen and oxygen atoms in total. The van der Waals surface area contributed by atoms with Crippen molar-refractivity contribution < 1.29 is 13.9 Å². The van der Waals surface area contributed by atoms with E-state index in [1.165, 1.54) is 31.3 Å². The van der Waals surface area contributed by atoms with Gasteiger partial charge in [-0.3, -0.25) is 4.98 Å². The smallest absolute Gasteiger partial charge is 0.165 e. The van der Waals surface area contributed by atoms with Gasteiger partial charge < -0.3 is 5.11 Å². The molecule has 0 bridgehead atoms. The molecule has 0 fully saturated rings. The number of pyridine rings is 1. The molecule has 1 heterocycles. The monoisotopic (exact) mass is 303 g/mol. The van der Waals surface area contributed by atoms with Crippen LogP contribution in [0.5, 0.6) is 0 Å². The molecule has 19 heavy (non-hydrogen) atoms. The van der Waals surface area contributed by atoms with Crippen molar-refractivity contribution in [3.63, 3.8) is 0 Å². The van der Waals surface area contributed by atoms with Gasteiger partial charge in [0.25, 0.3) is 0 Å². The predicted molar refractivity (Wildman–Crippen MR) is 69.4 cm³/mol. The molecular formula is C13H9Cl2F2NO. The fraction of sp³-hybridized carbons (Fsp3) is 0.154. The Kier molecular flexibility index (Phi) is 4.04. The van der Waals surface area contributed by atoms with E-state index < -0.39 is 17.7 Å². The van der Waals surface area contributed by atoms with Gasteiger partial charge in [0.2, 0.25) is 0 Å². The third kappa shape index (κ3) is 2.71. The second-order valence-corrected chi connectivity index (χ2v) is 4.87. The number of hydrogen-bond donors (Lipinski definition) is 1. The molecule has 2 rings (SSSR count). The standard InChI is InChI=1S/C13H9Cl2F2NO/c1-6-2-3-8(11(17)10(6)16)13(19)12-9(15)4-7(14)5-18-12/h2-5,13,19H,1H3. The first kappa shape index (κ1) is 14.2. The van der Waals surface area contributed by atoms with Crippen molar-refractivity contribution in [2.75, 3.05) is 0 Å². The van der Waals surface area contributed by atoms with Crippen LogP contribution in [0.4, 0.5) is 8.78 Å². The molecular weight excluding hydrogens is 295 g/mol. The molecule has 0 saturated heterocycles. The summed E-state index contributed by atoms with van der Waals surface area (Å²) >= 11 is 11.6. The van der Waals surface area contributed by atoms with Crippen molar-refractivity contribution in [2.45, 2.75) is 13.0 Å². The van der Waals surface area contributed by atoms with Gasteiger partial charge in [-0.05, 0) is 18.6 Å². The molecule has 0 amide bonds. The minimum Gasteiger partial charge on any atom is -0.382 e. The molecule has 1 aromatic heterocycles. The lowest BCUT2D eigenvalue weighted by atomic mass is 10.0. The van der Waals surface area contributed by atoms with Crippen molar-refractivity contribution in [1.29, 1.82) is 0 Å². The summed E-state index contributed by atoms with van der Waals surface area (Å²) in [6, 6.07) is 4.04. The molecule has 100 valence electrons. The van der Waals surface area contributed by atoms with E-state index in [2.05, 4.69) is 4.98 Å². The number of aromatic nitrogens is 1. The summed E-state index contributed by atoms with van der Waals surface area (Å²) in [4.78, 5) is 3.84. The first-order valence-corrected chi connectivity index (χ1v) is 6.11. The van der Waals surface area contributed by atoms with E-state index >= 15 is 0 Å². The summed E-state index contributed by atoms with van der Waals surface area (Å²) < 4.78 is 27.2. The van der Waals surface area contributed by atoms with Crippen LogP contribution in [0.15, 0.2) is 24.4 Å². The second-order valence-electron chi connectivity index (χ2n) is 4.02. The average molecular weight is 304 g/mol. The Morgan fingerprint density at radius 1 is 1.21 bits per heavy atom. The fourth-order valence-corrected chi connectivity index (χ4v) is 2.13. The summed E-state index contributed by atoms with van der Waals surface area (Å²) in [5.41, 5.74) is -0.0448. The highest BCUT2D eigenvalue weighted by Gasteiger charge is 2.22. The van der Waals surface area contributed by atoms with Crippen molar-refractivity contribution in [3.8, 4) is 0 Å². The number of nitrogens with zero attached hydrogens (tertiary/aromatic N) is 1. The molecule has 0 radical (unpaired) electrons. The number of benzene rings is 1. The maximum absolute atomic E-state index is 13.8. The first-order chi connectivity index (χ1) is 8.91. The van der Waals surface area contributed by atoms with E-state index in [0.717, 1.165) is 0 Å². The Bertz CT molecular complexity index is 634. The third-order valence-corrected chi connectivity index (χ3v) is 3.20. The molecule has 1 atom stereocenters. The Labute approximate surface area is 118 Å². The molecule has 1 aromatic carbocycles. The average Bonchev–Trinajstić information content (AvgIpc) is 2.35. The normalized spacial score (nSPS) is 12.5. The van der Waals surface area contributed by atoms with Crippen LogP contribution in [0.2, 0.25) is 10.0 Å².